The number of amides is 1. The van der Waals surface area contributed by atoms with Crippen molar-refractivity contribution >= 4 is 34.5 Å². The number of ketones is 2. The number of esters is 1. The number of alkyl halides is 1. The molecule has 2 aromatic rings. The van der Waals surface area contributed by atoms with Crippen molar-refractivity contribution in [1.82, 2.24) is 15.2 Å². The molecule has 14 atom stereocenters. The fourth-order valence-corrected chi connectivity index (χ4v) is 8.37. The van der Waals surface area contributed by atoms with E-state index in [1.165, 1.54) is 13.8 Å². The average molecular weight is 768 g/mol. The summed E-state index contributed by atoms with van der Waals surface area (Å²) in [5, 5.41) is 15.0. The minimum Gasteiger partial charge on any atom is -0.456 e. The van der Waals surface area contributed by atoms with Crippen LogP contribution in [0.5, 0.6) is 0 Å². The lowest BCUT2D eigenvalue weighted by molar-refractivity contribution is -0.282. The van der Waals surface area contributed by atoms with Gasteiger partial charge in [-0.1, -0.05) is 64.7 Å². The van der Waals surface area contributed by atoms with Crippen molar-refractivity contribution in [2.45, 2.75) is 122 Å². The zero-order chi connectivity index (χ0) is 40.4. The lowest BCUT2D eigenvalue weighted by Gasteiger charge is -2.45. The fourth-order valence-electron chi connectivity index (χ4n) is 8.37. The van der Waals surface area contributed by atoms with E-state index in [0.717, 1.165) is 10.9 Å². The maximum atomic E-state index is 16.1. The zero-order valence-electron chi connectivity index (χ0n) is 33.0. The van der Waals surface area contributed by atoms with Gasteiger partial charge in [0.05, 0.1) is 29.9 Å². The SMILES string of the molecule is CC[C@@H]1OC(=O)C(F)C(=O)[C@H](C)[C@@H](O[C@@H]2O[C@H](C)C[C@H](N(C)C)[C@H]2O)[C@H](C)[C@@H](OCC#Cc2cnc3ccccc3c2)[C@@H](C)C(=O)[C@@H](C)C2NC(=O)O[C@@]21C. The van der Waals surface area contributed by atoms with Crippen LogP contribution in [-0.2, 0) is 38.1 Å². The third kappa shape index (κ3) is 8.86. The molecule has 0 spiro atoms. The predicted molar refractivity (Wildman–Crippen MR) is 199 cm³/mol. The Kier molecular flexibility index (Phi) is 13.4. The van der Waals surface area contributed by atoms with Crippen LogP contribution in [0.2, 0.25) is 0 Å². The number of likely N-dealkylation sites (N-methyl/N-ethyl adjacent to an activating group) is 1. The number of fused-ring (bicyclic) bond motifs is 2. The average Bonchev–Trinajstić information content (AvgIpc) is 3.48. The van der Waals surface area contributed by atoms with E-state index in [9.17, 15) is 24.3 Å². The molecule has 3 saturated heterocycles. The van der Waals surface area contributed by atoms with Crippen molar-refractivity contribution in [3.05, 3.63) is 42.1 Å². The number of carbonyl (C=O) groups excluding carboxylic acids is 4. The van der Waals surface area contributed by atoms with Gasteiger partial charge >= 0.3 is 12.1 Å². The van der Waals surface area contributed by atoms with E-state index in [-0.39, 0.29) is 31.0 Å². The number of alkyl carbamates (subject to hydrolysis) is 1. The highest BCUT2D eigenvalue weighted by molar-refractivity contribution is 6.03. The molecule has 1 aromatic carbocycles. The molecular formula is C41H54FN3O10. The molecule has 5 rings (SSSR count). The van der Waals surface area contributed by atoms with Crippen LogP contribution in [0.4, 0.5) is 9.18 Å². The Morgan fingerprint density at radius 2 is 1.73 bits per heavy atom. The number of nitrogens with one attached hydrogen (secondary N) is 1. The number of hydrogen-bond acceptors (Lipinski definition) is 12. The Balaban J connectivity index is 1.55. The molecule has 0 aliphatic carbocycles. The Morgan fingerprint density at radius 1 is 1.04 bits per heavy atom. The summed E-state index contributed by atoms with van der Waals surface area (Å²) in [7, 11) is 3.64. The number of cyclic esters (lactones) is 1. The van der Waals surface area contributed by atoms with Gasteiger partial charge in [-0.2, -0.15) is 0 Å². The Labute approximate surface area is 321 Å². The van der Waals surface area contributed by atoms with Gasteiger partial charge in [0.25, 0.3) is 6.17 Å². The Morgan fingerprint density at radius 3 is 2.42 bits per heavy atom. The highest BCUT2D eigenvalue weighted by Gasteiger charge is 2.57. The number of rotatable bonds is 6. The molecule has 1 aromatic heterocycles. The molecule has 0 saturated carbocycles. The van der Waals surface area contributed by atoms with Crippen LogP contribution in [-0.4, -0.2) is 120 Å². The number of nitrogens with zero attached hydrogens (tertiary/aromatic N) is 2. The van der Waals surface area contributed by atoms with Crippen LogP contribution in [0.25, 0.3) is 10.9 Å². The Bertz CT molecular complexity index is 1800. The fraction of sp³-hybridized carbons (Fsp3) is 0.634. The molecule has 2 unspecified atom stereocenters. The molecule has 14 heteroatoms. The second kappa shape index (κ2) is 17.4. The van der Waals surface area contributed by atoms with E-state index in [0.29, 0.717) is 12.0 Å². The minimum absolute atomic E-state index is 0.0860. The number of carbonyl (C=O) groups is 4. The molecule has 300 valence electrons. The van der Waals surface area contributed by atoms with Crippen LogP contribution < -0.4 is 5.32 Å². The first kappa shape index (κ1) is 42.1. The van der Waals surface area contributed by atoms with Crippen molar-refractivity contribution in [2.24, 2.45) is 23.7 Å². The molecular weight excluding hydrogens is 713 g/mol. The third-order valence-corrected chi connectivity index (χ3v) is 11.5. The van der Waals surface area contributed by atoms with Crippen LogP contribution in [0.15, 0.2) is 36.5 Å². The number of pyridine rings is 1. The number of ether oxygens (including phenoxy) is 5. The minimum atomic E-state index is -2.72. The number of Topliss-reactive ketones (excluding diaryl/α,β-unsaturated/α-hetero) is 2. The van der Waals surface area contributed by atoms with Gasteiger partial charge in [0.1, 0.15) is 24.6 Å². The predicted octanol–water partition coefficient (Wildman–Crippen LogP) is 4.01. The van der Waals surface area contributed by atoms with Crippen LogP contribution in [0.1, 0.15) is 66.9 Å². The second-order valence-corrected chi connectivity index (χ2v) is 15.6. The molecule has 13 nitrogen and oxygen atoms in total. The normalized spacial score (nSPS) is 37.6. The number of benzene rings is 1. The first-order chi connectivity index (χ1) is 26.0. The summed E-state index contributed by atoms with van der Waals surface area (Å²) in [5.74, 6) is -0.810. The molecule has 3 aliphatic rings. The van der Waals surface area contributed by atoms with Crippen molar-refractivity contribution in [2.75, 3.05) is 20.7 Å². The van der Waals surface area contributed by atoms with Gasteiger partial charge < -0.3 is 39.0 Å². The summed E-state index contributed by atoms with van der Waals surface area (Å²) < 4.78 is 46.2. The van der Waals surface area contributed by atoms with Crippen LogP contribution in [0, 0.1) is 35.5 Å². The topological polar surface area (TPSA) is 163 Å². The monoisotopic (exact) mass is 767 g/mol. The lowest BCUT2D eigenvalue weighted by Crippen LogP contribution is -2.59. The first-order valence-corrected chi connectivity index (χ1v) is 19.0. The number of aliphatic hydroxyl groups is 1. The zero-order valence-corrected chi connectivity index (χ0v) is 33.0. The van der Waals surface area contributed by atoms with Gasteiger partial charge in [0.15, 0.2) is 17.7 Å². The third-order valence-electron chi connectivity index (χ3n) is 11.5. The number of aromatic nitrogens is 1. The molecule has 55 heavy (non-hydrogen) atoms. The van der Waals surface area contributed by atoms with Crippen molar-refractivity contribution in [1.29, 1.82) is 0 Å². The van der Waals surface area contributed by atoms with Gasteiger partial charge in [-0.05, 0) is 52.9 Å². The van der Waals surface area contributed by atoms with E-state index < -0.39 is 90.0 Å². The van der Waals surface area contributed by atoms with Gasteiger partial charge in [-0.15, -0.1) is 0 Å². The number of aliphatic hydroxyl groups excluding tert-OH is 1. The van der Waals surface area contributed by atoms with Gasteiger partial charge in [0.2, 0.25) is 0 Å². The van der Waals surface area contributed by atoms with Gasteiger partial charge in [0, 0.05) is 46.9 Å². The van der Waals surface area contributed by atoms with Crippen molar-refractivity contribution < 1.29 is 52.4 Å². The standard InChI is InChI=1S/C41H54FN3O10/c1-10-30-41(7)37(44-40(50)55-41)24(5)32(46)22(3)35(51-17-13-14-26-19-27-15-11-12-16-28(27)43-20-26)25(6)36(23(4)33(47)31(42)38(49)53-30)54-39-34(48)29(45(8)9)18-21(2)52-39/h11-12,15-16,19-25,29-31,34-37,39,48H,10,17-18H2,1-9H3,(H,44,50)/t21-,22+,23+,24-,25-,29+,30+,31?,34-,35+,36-,37?,39+,41-/m1/s1. The van der Waals surface area contributed by atoms with Gasteiger partial charge in [-0.3, -0.25) is 14.6 Å². The molecule has 3 aliphatic heterocycles. The van der Waals surface area contributed by atoms with Gasteiger partial charge in [-0.25, -0.2) is 14.0 Å². The number of hydrogen-bond donors (Lipinski definition) is 2. The van der Waals surface area contributed by atoms with Crippen LogP contribution >= 0.6 is 0 Å². The molecule has 4 heterocycles. The largest absolute Gasteiger partial charge is 0.456 e. The summed E-state index contributed by atoms with van der Waals surface area (Å²) in [5.41, 5.74) is -0.105. The van der Waals surface area contributed by atoms with Crippen molar-refractivity contribution in [3.8, 4) is 11.8 Å². The Hall–Kier alpha value is -4.00. The molecule has 3 fully saturated rings. The highest BCUT2D eigenvalue weighted by atomic mass is 19.1. The molecule has 0 bridgehead atoms. The second-order valence-electron chi connectivity index (χ2n) is 15.6. The summed E-state index contributed by atoms with van der Waals surface area (Å²) in [6.07, 6.45) is -7.50. The molecule has 2 N–H and O–H groups in total. The molecule has 0 radical (unpaired) electrons. The van der Waals surface area contributed by atoms with Crippen molar-refractivity contribution in [3.63, 3.8) is 0 Å². The van der Waals surface area contributed by atoms with E-state index >= 15 is 4.39 Å². The van der Waals surface area contributed by atoms with E-state index in [2.05, 4.69) is 22.1 Å². The number of halogens is 1. The number of para-hydroxylation sites is 1. The summed E-state index contributed by atoms with van der Waals surface area (Å²) >= 11 is 0. The molecule has 1 amide bonds. The van der Waals surface area contributed by atoms with E-state index in [1.807, 2.05) is 56.3 Å². The quantitative estimate of drug-likeness (QED) is 0.247. The lowest BCUT2D eigenvalue weighted by atomic mass is 9.74. The maximum Gasteiger partial charge on any atom is 0.408 e. The maximum absolute atomic E-state index is 16.1. The summed E-state index contributed by atoms with van der Waals surface area (Å²) in [6, 6.07) is 8.18. The highest BCUT2D eigenvalue weighted by Crippen LogP contribution is 2.38. The smallest absolute Gasteiger partial charge is 0.408 e. The van der Waals surface area contributed by atoms with E-state index in [1.54, 1.807) is 33.9 Å². The summed E-state index contributed by atoms with van der Waals surface area (Å²) in [4.78, 5) is 60.8. The van der Waals surface area contributed by atoms with E-state index in [4.69, 9.17) is 23.7 Å². The van der Waals surface area contributed by atoms with Crippen LogP contribution in [0.3, 0.4) is 0 Å². The summed E-state index contributed by atoms with van der Waals surface area (Å²) in [6.45, 7) is 11.3. The first-order valence-electron chi connectivity index (χ1n) is 19.0.